The largest absolute Gasteiger partial charge is 0.337 e. The maximum atomic E-state index is 11.7. The van der Waals surface area contributed by atoms with Gasteiger partial charge in [0.25, 0.3) is 0 Å². The number of anilines is 1. The van der Waals surface area contributed by atoms with Gasteiger partial charge in [0.2, 0.25) is 5.89 Å². The highest BCUT2D eigenvalue weighted by Gasteiger charge is 2.06. The third-order valence-corrected chi connectivity index (χ3v) is 2.73. The molecule has 6 nitrogen and oxygen atoms in total. The van der Waals surface area contributed by atoms with Crippen molar-refractivity contribution in [2.75, 3.05) is 5.32 Å². The second-order valence-electron chi connectivity index (χ2n) is 4.34. The molecular formula is C13H16N4O2. The molecule has 1 heterocycles. The van der Waals surface area contributed by atoms with E-state index in [0.29, 0.717) is 11.7 Å². The van der Waals surface area contributed by atoms with Crippen molar-refractivity contribution in [3.8, 4) is 0 Å². The zero-order chi connectivity index (χ0) is 13.8. The van der Waals surface area contributed by atoms with E-state index >= 15 is 0 Å². The van der Waals surface area contributed by atoms with Gasteiger partial charge >= 0.3 is 6.03 Å². The van der Waals surface area contributed by atoms with Crippen LogP contribution in [-0.4, -0.2) is 16.2 Å². The van der Waals surface area contributed by atoms with Crippen molar-refractivity contribution in [3.05, 3.63) is 41.0 Å². The van der Waals surface area contributed by atoms with Crippen LogP contribution >= 0.6 is 0 Å². The first-order valence-corrected chi connectivity index (χ1v) is 5.96. The molecule has 1 aromatic carbocycles. The van der Waals surface area contributed by atoms with E-state index < -0.39 is 0 Å². The maximum Gasteiger partial charge on any atom is 0.319 e. The lowest BCUT2D eigenvalue weighted by molar-refractivity contribution is 0.249. The highest BCUT2D eigenvalue weighted by molar-refractivity contribution is 5.89. The summed E-state index contributed by atoms with van der Waals surface area (Å²) in [6.07, 6.45) is 0. The van der Waals surface area contributed by atoms with Crippen LogP contribution in [0.5, 0.6) is 0 Å². The van der Waals surface area contributed by atoms with Crippen LogP contribution in [0.4, 0.5) is 10.5 Å². The van der Waals surface area contributed by atoms with Crippen LogP contribution in [0.1, 0.15) is 22.8 Å². The molecule has 0 bridgehead atoms. The number of amides is 2. The van der Waals surface area contributed by atoms with Crippen LogP contribution in [0.3, 0.4) is 0 Å². The van der Waals surface area contributed by atoms with Gasteiger partial charge < -0.3 is 15.2 Å². The molecule has 0 unspecified atom stereocenters. The minimum absolute atomic E-state index is 0.206. The van der Waals surface area contributed by atoms with Crippen LogP contribution in [0.25, 0.3) is 0 Å². The van der Waals surface area contributed by atoms with Crippen molar-refractivity contribution in [2.24, 2.45) is 0 Å². The van der Waals surface area contributed by atoms with Gasteiger partial charge in [0, 0.05) is 5.69 Å². The van der Waals surface area contributed by atoms with E-state index in [1.54, 1.807) is 6.92 Å². The van der Waals surface area contributed by atoms with E-state index in [-0.39, 0.29) is 12.6 Å². The van der Waals surface area contributed by atoms with E-state index in [2.05, 4.69) is 20.8 Å². The fourth-order valence-corrected chi connectivity index (χ4v) is 1.56. The second kappa shape index (κ2) is 5.51. The number of carbonyl (C=O) groups excluding carboxylic acids is 1. The average molecular weight is 260 g/mol. The summed E-state index contributed by atoms with van der Waals surface area (Å²) >= 11 is 0. The van der Waals surface area contributed by atoms with Gasteiger partial charge in [0.05, 0.1) is 6.54 Å². The van der Waals surface area contributed by atoms with Crippen molar-refractivity contribution in [3.63, 3.8) is 0 Å². The topological polar surface area (TPSA) is 80.0 Å². The van der Waals surface area contributed by atoms with Crippen LogP contribution in [0, 0.1) is 20.8 Å². The lowest BCUT2D eigenvalue weighted by Crippen LogP contribution is -2.28. The van der Waals surface area contributed by atoms with Gasteiger partial charge in [-0.2, -0.15) is 4.98 Å². The minimum atomic E-state index is -0.306. The first kappa shape index (κ1) is 13.1. The van der Waals surface area contributed by atoms with Gasteiger partial charge in [-0.1, -0.05) is 11.2 Å². The monoisotopic (exact) mass is 260 g/mol. The predicted molar refractivity (Wildman–Crippen MR) is 70.8 cm³/mol. The molecule has 6 heteroatoms. The Balaban J connectivity index is 1.88. The molecule has 0 saturated heterocycles. The summed E-state index contributed by atoms with van der Waals surface area (Å²) in [6, 6.07) is 5.44. The van der Waals surface area contributed by atoms with Gasteiger partial charge in [0.15, 0.2) is 5.82 Å². The number of urea groups is 1. The predicted octanol–water partition coefficient (Wildman–Crippen LogP) is 2.32. The highest BCUT2D eigenvalue weighted by atomic mass is 16.5. The first-order chi connectivity index (χ1) is 9.04. The van der Waals surface area contributed by atoms with Crippen molar-refractivity contribution >= 4 is 11.7 Å². The molecule has 0 aliphatic rings. The third kappa shape index (κ3) is 3.54. The van der Waals surface area contributed by atoms with Crippen LogP contribution in [0.2, 0.25) is 0 Å². The lowest BCUT2D eigenvalue weighted by Gasteiger charge is -2.08. The highest BCUT2D eigenvalue weighted by Crippen LogP contribution is 2.13. The number of aromatic nitrogens is 2. The zero-order valence-corrected chi connectivity index (χ0v) is 11.2. The number of hydrogen-bond donors (Lipinski definition) is 2. The molecule has 0 aliphatic carbocycles. The van der Waals surface area contributed by atoms with Gasteiger partial charge in [-0.05, 0) is 44.0 Å². The van der Waals surface area contributed by atoms with Crippen molar-refractivity contribution in [1.82, 2.24) is 15.5 Å². The molecule has 0 aliphatic heterocycles. The van der Waals surface area contributed by atoms with Crippen LogP contribution in [0.15, 0.2) is 22.7 Å². The van der Waals surface area contributed by atoms with Gasteiger partial charge in [0.1, 0.15) is 0 Å². The lowest BCUT2D eigenvalue weighted by atomic mass is 10.1. The normalized spacial score (nSPS) is 10.3. The molecule has 0 saturated carbocycles. The number of rotatable bonds is 3. The molecule has 2 N–H and O–H groups in total. The van der Waals surface area contributed by atoms with Crippen molar-refractivity contribution in [1.29, 1.82) is 0 Å². The maximum absolute atomic E-state index is 11.7. The van der Waals surface area contributed by atoms with Gasteiger partial charge in [-0.3, -0.25) is 0 Å². The molecule has 2 amide bonds. The Labute approximate surface area is 111 Å². The SMILES string of the molecule is Cc1noc(CNC(=O)Nc2ccc(C)c(C)c2)n1. The quantitative estimate of drug-likeness (QED) is 0.887. The molecule has 0 spiro atoms. The number of hydrogen-bond acceptors (Lipinski definition) is 4. The Bertz CT molecular complexity index is 592. The Morgan fingerprint density at radius 1 is 1.26 bits per heavy atom. The zero-order valence-electron chi connectivity index (χ0n) is 11.2. The second-order valence-corrected chi connectivity index (χ2v) is 4.34. The first-order valence-electron chi connectivity index (χ1n) is 5.96. The Morgan fingerprint density at radius 2 is 2.05 bits per heavy atom. The summed E-state index contributed by atoms with van der Waals surface area (Å²) in [6.45, 7) is 5.95. The van der Waals surface area contributed by atoms with Crippen molar-refractivity contribution in [2.45, 2.75) is 27.3 Å². The average Bonchev–Trinajstić information content (AvgIpc) is 2.77. The summed E-state index contributed by atoms with van der Waals surface area (Å²) < 4.78 is 4.90. The molecular weight excluding hydrogens is 244 g/mol. The molecule has 2 aromatic rings. The Morgan fingerprint density at radius 3 is 2.68 bits per heavy atom. The van der Waals surface area contributed by atoms with Gasteiger partial charge in [-0.15, -0.1) is 0 Å². The Kier molecular flexibility index (Phi) is 3.79. The third-order valence-electron chi connectivity index (χ3n) is 2.73. The summed E-state index contributed by atoms with van der Waals surface area (Å²) in [5.74, 6) is 0.930. The smallest absolute Gasteiger partial charge is 0.319 e. The summed E-state index contributed by atoms with van der Waals surface area (Å²) in [4.78, 5) is 15.7. The molecule has 100 valence electrons. The van der Waals surface area contributed by atoms with E-state index in [1.165, 1.54) is 5.56 Å². The van der Waals surface area contributed by atoms with E-state index in [1.807, 2.05) is 32.0 Å². The van der Waals surface area contributed by atoms with Gasteiger partial charge in [-0.25, -0.2) is 4.79 Å². The molecule has 2 rings (SSSR count). The molecule has 0 radical (unpaired) electrons. The van der Waals surface area contributed by atoms with Crippen molar-refractivity contribution < 1.29 is 9.32 Å². The summed E-state index contributed by atoms with van der Waals surface area (Å²) in [7, 11) is 0. The fourth-order valence-electron chi connectivity index (χ4n) is 1.56. The van der Waals surface area contributed by atoms with E-state index in [0.717, 1.165) is 11.3 Å². The van der Waals surface area contributed by atoms with Crippen LogP contribution < -0.4 is 10.6 Å². The number of benzene rings is 1. The summed E-state index contributed by atoms with van der Waals surface area (Å²) in [5, 5.41) is 9.04. The summed E-state index contributed by atoms with van der Waals surface area (Å²) in [5.41, 5.74) is 3.07. The molecule has 1 aromatic heterocycles. The number of nitrogens with zero attached hydrogens (tertiary/aromatic N) is 2. The molecule has 0 atom stereocenters. The molecule has 19 heavy (non-hydrogen) atoms. The number of carbonyl (C=O) groups is 1. The van der Waals surface area contributed by atoms with E-state index in [9.17, 15) is 4.79 Å². The molecule has 0 fully saturated rings. The Hall–Kier alpha value is -2.37. The standard InChI is InChI=1S/C13H16N4O2/c1-8-4-5-11(6-9(8)2)16-13(18)14-7-12-15-10(3)17-19-12/h4-6H,7H2,1-3H3,(H2,14,16,18). The number of aryl methyl sites for hydroxylation is 3. The fraction of sp³-hybridized carbons (Fsp3) is 0.308. The minimum Gasteiger partial charge on any atom is -0.337 e. The number of nitrogens with one attached hydrogen (secondary N) is 2. The van der Waals surface area contributed by atoms with E-state index in [4.69, 9.17) is 4.52 Å². The van der Waals surface area contributed by atoms with Crippen LogP contribution in [-0.2, 0) is 6.54 Å².